The Bertz CT molecular complexity index is 125. The van der Waals surface area contributed by atoms with Crippen molar-refractivity contribution in [1.82, 2.24) is 0 Å². The van der Waals surface area contributed by atoms with Gasteiger partial charge in [-0.3, -0.25) is 0 Å². The molecule has 1 atom stereocenters. The molecule has 0 aliphatic carbocycles. The van der Waals surface area contributed by atoms with Crippen molar-refractivity contribution in [2.45, 2.75) is 20.3 Å². The van der Waals surface area contributed by atoms with Gasteiger partial charge in [0.1, 0.15) is 0 Å². The van der Waals surface area contributed by atoms with E-state index < -0.39 is 0 Å². The van der Waals surface area contributed by atoms with Crippen LogP contribution in [0.2, 0.25) is 0 Å². The fraction of sp³-hybridized carbons (Fsp3) is 0.444. The van der Waals surface area contributed by atoms with E-state index in [1.807, 2.05) is 6.08 Å². The van der Waals surface area contributed by atoms with Gasteiger partial charge in [-0.1, -0.05) is 32.6 Å². The van der Waals surface area contributed by atoms with Gasteiger partial charge in [-0.15, -0.1) is 5.73 Å². The molecule has 1 unspecified atom stereocenters. The maximum atomic E-state index is 3.49. The van der Waals surface area contributed by atoms with Crippen molar-refractivity contribution in [1.29, 1.82) is 0 Å². The molecule has 0 rings (SSSR count). The van der Waals surface area contributed by atoms with Gasteiger partial charge in [-0.2, -0.15) is 0 Å². The van der Waals surface area contributed by atoms with E-state index in [1.54, 1.807) is 0 Å². The molecule has 0 N–H and O–H groups in total. The topological polar surface area (TPSA) is 0 Å². The summed E-state index contributed by atoms with van der Waals surface area (Å²) in [5.74, 6) is 0.488. The third kappa shape index (κ3) is 5.13. The molecule has 0 saturated carbocycles. The average Bonchev–Trinajstić information content (AvgIpc) is 1.85. The van der Waals surface area contributed by atoms with Gasteiger partial charge in [0.25, 0.3) is 0 Å². The molecule has 0 saturated heterocycles. The molecule has 0 aromatic carbocycles. The van der Waals surface area contributed by atoms with E-state index in [4.69, 9.17) is 0 Å². The third-order valence-electron chi connectivity index (χ3n) is 1.06. The molecule has 0 bridgehead atoms. The lowest BCUT2D eigenvalue weighted by atomic mass is 10.1. The Kier molecular flexibility index (Phi) is 4.95. The first-order valence-corrected chi connectivity index (χ1v) is 3.33. The van der Waals surface area contributed by atoms with Crippen LogP contribution in [-0.4, -0.2) is 0 Å². The second-order valence-electron chi connectivity index (χ2n) is 2.07. The zero-order chi connectivity index (χ0) is 7.11. The largest absolute Gasteiger partial charge is 0.132 e. The zero-order valence-electron chi connectivity index (χ0n) is 6.22. The van der Waals surface area contributed by atoms with Gasteiger partial charge in [-0.05, 0) is 18.4 Å². The van der Waals surface area contributed by atoms with Crippen molar-refractivity contribution in [2.75, 3.05) is 0 Å². The van der Waals surface area contributed by atoms with Gasteiger partial charge in [-0.25, -0.2) is 0 Å². The minimum atomic E-state index is 0.488. The van der Waals surface area contributed by atoms with E-state index in [9.17, 15) is 0 Å². The lowest BCUT2D eigenvalue weighted by Crippen LogP contribution is -1.78. The summed E-state index contributed by atoms with van der Waals surface area (Å²) < 4.78 is 0. The van der Waals surface area contributed by atoms with E-state index in [1.165, 1.54) is 0 Å². The fourth-order valence-electron chi connectivity index (χ4n) is 0.592. The summed E-state index contributed by atoms with van der Waals surface area (Å²) in [6.07, 6.45) is 7.36. The Morgan fingerprint density at radius 1 is 1.67 bits per heavy atom. The molecule has 50 valence electrons. The molecular weight excluding hydrogens is 108 g/mol. The first-order chi connectivity index (χ1) is 4.31. The molecular formula is C9H14. The highest BCUT2D eigenvalue weighted by atomic mass is 13.9. The predicted molar refractivity (Wildman–Crippen MR) is 42.3 cm³/mol. The van der Waals surface area contributed by atoms with Crippen LogP contribution in [0.3, 0.4) is 0 Å². The lowest BCUT2D eigenvalue weighted by Gasteiger charge is -1.91. The summed E-state index contributed by atoms with van der Waals surface area (Å²) in [7, 11) is 0. The maximum absolute atomic E-state index is 3.49. The van der Waals surface area contributed by atoms with E-state index in [2.05, 4.69) is 38.3 Å². The SMILES string of the molecule is C=C=CC(C)C=CCC. The highest BCUT2D eigenvalue weighted by Gasteiger charge is 1.84. The zero-order valence-corrected chi connectivity index (χ0v) is 6.22. The number of hydrogen-bond donors (Lipinski definition) is 0. The van der Waals surface area contributed by atoms with Crippen LogP contribution < -0.4 is 0 Å². The van der Waals surface area contributed by atoms with Crippen molar-refractivity contribution >= 4 is 0 Å². The number of rotatable bonds is 3. The Morgan fingerprint density at radius 3 is 2.78 bits per heavy atom. The maximum Gasteiger partial charge on any atom is -0.000615 e. The van der Waals surface area contributed by atoms with Crippen LogP contribution in [0.1, 0.15) is 20.3 Å². The van der Waals surface area contributed by atoms with Gasteiger partial charge in [0.2, 0.25) is 0 Å². The minimum Gasteiger partial charge on any atom is -0.132 e. The standard InChI is InChI=1S/C9H14/c1-4-6-8-9(3)7-5-2/h6-9H,2,4H2,1,3H3. The molecule has 0 aromatic heterocycles. The molecule has 0 heteroatoms. The molecule has 0 spiro atoms. The van der Waals surface area contributed by atoms with Crippen molar-refractivity contribution in [2.24, 2.45) is 5.92 Å². The van der Waals surface area contributed by atoms with E-state index in [0.717, 1.165) is 6.42 Å². The highest BCUT2D eigenvalue weighted by Crippen LogP contribution is 1.97. The summed E-state index contributed by atoms with van der Waals surface area (Å²) in [6, 6.07) is 0. The van der Waals surface area contributed by atoms with E-state index >= 15 is 0 Å². The summed E-state index contributed by atoms with van der Waals surface area (Å²) in [5.41, 5.74) is 2.75. The molecule has 0 nitrogen and oxygen atoms in total. The quantitative estimate of drug-likeness (QED) is 0.399. The molecule has 0 radical (unpaired) electrons. The van der Waals surface area contributed by atoms with Crippen LogP contribution in [-0.2, 0) is 0 Å². The Balaban J connectivity index is 3.61. The Hall–Kier alpha value is -0.740. The molecule has 0 aliphatic rings. The molecule has 0 fully saturated rings. The summed E-state index contributed by atoms with van der Waals surface area (Å²) in [4.78, 5) is 0. The van der Waals surface area contributed by atoms with Crippen LogP contribution in [0, 0.1) is 5.92 Å². The van der Waals surface area contributed by atoms with Crippen molar-refractivity contribution < 1.29 is 0 Å². The van der Waals surface area contributed by atoms with Crippen LogP contribution in [0.4, 0.5) is 0 Å². The molecule has 0 aliphatic heterocycles. The van der Waals surface area contributed by atoms with E-state index in [0.29, 0.717) is 5.92 Å². The van der Waals surface area contributed by atoms with Gasteiger partial charge in [0.05, 0.1) is 0 Å². The normalized spacial score (nSPS) is 13.1. The molecule has 0 aromatic rings. The molecule has 9 heavy (non-hydrogen) atoms. The van der Waals surface area contributed by atoms with Crippen molar-refractivity contribution in [3.05, 3.63) is 30.5 Å². The van der Waals surface area contributed by atoms with Crippen LogP contribution >= 0.6 is 0 Å². The second kappa shape index (κ2) is 5.40. The predicted octanol–water partition coefficient (Wildman–Crippen LogP) is 2.93. The average molecular weight is 122 g/mol. The summed E-state index contributed by atoms with van der Waals surface area (Å²) >= 11 is 0. The first kappa shape index (κ1) is 8.26. The van der Waals surface area contributed by atoms with Gasteiger partial charge >= 0.3 is 0 Å². The van der Waals surface area contributed by atoms with Crippen molar-refractivity contribution in [3.63, 3.8) is 0 Å². The summed E-state index contributed by atoms with van der Waals surface area (Å²) in [6.45, 7) is 7.74. The molecule has 0 amide bonds. The lowest BCUT2D eigenvalue weighted by molar-refractivity contribution is 0.932. The van der Waals surface area contributed by atoms with Crippen molar-refractivity contribution in [3.8, 4) is 0 Å². The monoisotopic (exact) mass is 122 g/mol. The Labute approximate surface area is 57.6 Å². The molecule has 0 heterocycles. The highest BCUT2D eigenvalue weighted by molar-refractivity contribution is 4.96. The second-order valence-corrected chi connectivity index (χ2v) is 2.07. The van der Waals surface area contributed by atoms with E-state index in [-0.39, 0.29) is 0 Å². The van der Waals surface area contributed by atoms with Crippen LogP contribution in [0.5, 0.6) is 0 Å². The first-order valence-electron chi connectivity index (χ1n) is 3.33. The summed E-state index contributed by atoms with van der Waals surface area (Å²) in [5, 5.41) is 0. The van der Waals surface area contributed by atoms with Crippen LogP contribution in [0.25, 0.3) is 0 Å². The fourth-order valence-corrected chi connectivity index (χ4v) is 0.592. The number of hydrogen-bond acceptors (Lipinski definition) is 0. The Morgan fingerprint density at radius 2 is 2.33 bits per heavy atom. The van der Waals surface area contributed by atoms with Gasteiger partial charge in [0, 0.05) is 0 Å². The van der Waals surface area contributed by atoms with Crippen LogP contribution in [0.15, 0.2) is 30.5 Å². The minimum absolute atomic E-state index is 0.488. The smallest absolute Gasteiger partial charge is 0.000615 e. The van der Waals surface area contributed by atoms with Gasteiger partial charge in [0.15, 0.2) is 0 Å². The van der Waals surface area contributed by atoms with Gasteiger partial charge < -0.3 is 0 Å². The number of allylic oxidation sites excluding steroid dienone is 3. The third-order valence-corrected chi connectivity index (χ3v) is 1.06.